The van der Waals surface area contributed by atoms with E-state index in [9.17, 15) is 4.79 Å². The number of carbonyl (C=O) groups is 1. The predicted octanol–water partition coefficient (Wildman–Crippen LogP) is 8.23. The molecule has 0 bridgehead atoms. The summed E-state index contributed by atoms with van der Waals surface area (Å²) >= 11 is 0. The van der Waals surface area contributed by atoms with E-state index in [1.807, 2.05) is 0 Å². The molecule has 1 rings (SSSR count). The van der Waals surface area contributed by atoms with Crippen molar-refractivity contribution in [2.75, 3.05) is 7.11 Å². The van der Waals surface area contributed by atoms with Crippen LogP contribution in [0, 0.1) is 0 Å². The molecule has 0 aromatic carbocycles. The molecule has 1 aliphatic rings. The molecule has 1 saturated heterocycles. The van der Waals surface area contributed by atoms with Gasteiger partial charge < -0.3 is 22.8 Å². The maximum Gasteiger partial charge on any atom is 0.305 e. The maximum absolute atomic E-state index is 11.4. The van der Waals surface area contributed by atoms with Crippen molar-refractivity contribution in [3.05, 3.63) is 24.3 Å². The summed E-state index contributed by atoms with van der Waals surface area (Å²) < 4.78 is 31.3. The lowest BCUT2D eigenvalue weighted by Crippen LogP contribution is -2.39. The average molecular weight is 601 g/mol. The summed E-state index contributed by atoms with van der Waals surface area (Å²) in [7, 11) is -3.80. The standard InChI is InChI=1S/C30H60O6Si3/c1-12-13-16-19-25(34-37(3,4)5)22-23-26-29(36-39(9,10)11)24-28(33-26)27(35-38(6,7)8)20-17-14-15-18-21-30(31)32-2/h14,17,22-23,25-29H,12-13,15-16,18-21,24H2,1-11H3/b17-14+,23-22+. The minimum atomic E-state index is -1.80. The van der Waals surface area contributed by atoms with E-state index < -0.39 is 25.0 Å². The van der Waals surface area contributed by atoms with E-state index in [4.69, 9.17) is 22.8 Å². The Morgan fingerprint density at radius 2 is 1.59 bits per heavy atom. The highest BCUT2D eigenvalue weighted by Gasteiger charge is 2.41. The Labute approximate surface area is 243 Å². The van der Waals surface area contributed by atoms with Gasteiger partial charge >= 0.3 is 5.97 Å². The van der Waals surface area contributed by atoms with Crippen molar-refractivity contribution in [3.8, 4) is 0 Å². The molecule has 0 spiro atoms. The minimum Gasteiger partial charge on any atom is -0.469 e. The predicted molar refractivity (Wildman–Crippen MR) is 171 cm³/mol. The first-order valence-corrected chi connectivity index (χ1v) is 25.3. The highest BCUT2D eigenvalue weighted by molar-refractivity contribution is 6.70. The van der Waals surface area contributed by atoms with Gasteiger partial charge in [-0.05, 0) is 84.6 Å². The lowest BCUT2D eigenvalue weighted by atomic mass is 10.0. The molecule has 228 valence electrons. The molecular formula is C30H60O6Si3. The zero-order valence-corrected chi connectivity index (χ0v) is 30.0. The zero-order valence-electron chi connectivity index (χ0n) is 27.0. The first-order valence-electron chi connectivity index (χ1n) is 15.1. The third-order valence-corrected chi connectivity index (χ3v) is 9.24. The Hall–Kier alpha value is -0.559. The fourth-order valence-corrected chi connectivity index (χ4v) is 8.11. The first kappa shape index (κ1) is 36.5. The SMILES string of the molecule is CCCCCC(/C=C/C1OC(C(C/C=C/CCCC(=O)OC)O[Si](C)(C)C)CC1O[Si](C)(C)C)O[Si](C)(C)C. The van der Waals surface area contributed by atoms with Crippen LogP contribution in [0.3, 0.4) is 0 Å². The third kappa shape index (κ3) is 17.8. The number of carbonyl (C=O) groups excluding carboxylic acids is 1. The molecule has 1 fully saturated rings. The van der Waals surface area contributed by atoms with E-state index in [0.717, 1.165) is 32.1 Å². The van der Waals surface area contributed by atoms with E-state index in [1.54, 1.807) is 0 Å². The van der Waals surface area contributed by atoms with Gasteiger partial charge in [-0.15, -0.1) is 0 Å². The van der Waals surface area contributed by atoms with Gasteiger partial charge in [0.1, 0.15) is 6.10 Å². The fourth-order valence-electron chi connectivity index (χ4n) is 4.71. The van der Waals surface area contributed by atoms with Gasteiger partial charge in [0.15, 0.2) is 25.0 Å². The van der Waals surface area contributed by atoms with Crippen molar-refractivity contribution >= 4 is 30.9 Å². The van der Waals surface area contributed by atoms with Crippen LogP contribution in [0.1, 0.15) is 64.7 Å². The van der Waals surface area contributed by atoms with E-state index in [-0.39, 0.29) is 36.5 Å². The Balaban J connectivity index is 3.03. The van der Waals surface area contributed by atoms with Gasteiger partial charge in [-0.1, -0.05) is 50.5 Å². The summed E-state index contributed by atoms with van der Waals surface area (Å²) in [5.41, 5.74) is 0. The molecule has 0 radical (unpaired) electrons. The van der Waals surface area contributed by atoms with Gasteiger partial charge in [0.05, 0.1) is 31.5 Å². The van der Waals surface area contributed by atoms with Gasteiger partial charge in [-0.2, -0.15) is 0 Å². The highest BCUT2D eigenvalue weighted by Crippen LogP contribution is 2.32. The number of unbranched alkanes of at least 4 members (excludes halogenated alkanes) is 3. The second-order valence-corrected chi connectivity index (χ2v) is 27.1. The number of hydrogen-bond donors (Lipinski definition) is 0. The van der Waals surface area contributed by atoms with Crippen LogP contribution in [0.4, 0.5) is 0 Å². The van der Waals surface area contributed by atoms with E-state index >= 15 is 0 Å². The summed E-state index contributed by atoms with van der Waals surface area (Å²) in [6.45, 7) is 22.5. The summed E-state index contributed by atoms with van der Waals surface area (Å²) in [6.07, 6.45) is 17.2. The van der Waals surface area contributed by atoms with Crippen LogP contribution >= 0.6 is 0 Å². The van der Waals surface area contributed by atoms with Crippen molar-refractivity contribution in [1.29, 1.82) is 0 Å². The summed E-state index contributed by atoms with van der Waals surface area (Å²) in [6, 6.07) is 0. The number of ether oxygens (including phenoxy) is 2. The largest absolute Gasteiger partial charge is 0.469 e. The number of allylic oxidation sites excluding steroid dienone is 1. The average Bonchev–Trinajstić information content (AvgIpc) is 3.17. The summed E-state index contributed by atoms with van der Waals surface area (Å²) in [5, 5.41) is 0. The van der Waals surface area contributed by atoms with Gasteiger partial charge in [-0.3, -0.25) is 4.79 Å². The zero-order chi connectivity index (χ0) is 29.7. The van der Waals surface area contributed by atoms with Crippen LogP contribution in [0.5, 0.6) is 0 Å². The highest BCUT2D eigenvalue weighted by atomic mass is 28.4. The fraction of sp³-hybridized carbons (Fsp3) is 0.833. The maximum atomic E-state index is 11.4. The van der Waals surface area contributed by atoms with Crippen molar-refractivity contribution in [1.82, 2.24) is 0 Å². The van der Waals surface area contributed by atoms with Crippen LogP contribution < -0.4 is 0 Å². The molecule has 5 unspecified atom stereocenters. The minimum absolute atomic E-state index is 0.0155. The lowest BCUT2D eigenvalue weighted by Gasteiger charge is -2.30. The van der Waals surface area contributed by atoms with Crippen molar-refractivity contribution < 1.29 is 27.5 Å². The Kier molecular flexibility index (Phi) is 16.3. The number of rotatable bonds is 19. The normalized spacial score (nSPS) is 22.6. The molecule has 5 atom stereocenters. The smallest absolute Gasteiger partial charge is 0.305 e. The van der Waals surface area contributed by atoms with Crippen LogP contribution in [0.25, 0.3) is 0 Å². The van der Waals surface area contributed by atoms with Crippen molar-refractivity contribution in [2.24, 2.45) is 0 Å². The number of hydrogen-bond acceptors (Lipinski definition) is 6. The van der Waals surface area contributed by atoms with Gasteiger partial charge in [-0.25, -0.2) is 0 Å². The Morgan fingerprint density at radius 1 is 0.923 bits per heavy atom. The van der Waals surface area contributed by atoms with Crippen molar-refractivity contribution in [3.63, 3.8) is 0 Å². The molecule has 6 nitrogen and oxygen atoms in total. The van der Waals surface area contributed by atoms with Gasteiger partial charge in [0.2, 0.25) is 0 Å². The van der Waals surface area contributed by atoms with Crippen LogP contribution in [-0.2, 0) is 27.5 Å². The molecular weight excluding hydrogens is 541 g/mol. The molecule has 0 aliphatic carbocycles. The summed E-state index contributed by atoms with van der Waals surface area (Å²) in [5.74, 6) is -0.155. The number of esters is 1. The molecule has 9 heteroatoms. The molecule has 0 aromatic rings. The quantitative estimate of drug-likeness (QED) is 0.0644. The molecule has 0 aromatic heterocycles. The third-order valence-electron chi connectivity index (χ3n) is 6.21. The number of methoxy groups -OCH3 is 1. The molecule has 0 saturated carbocycles. The summed E-state index contributed by atoms with van der Waals surface area (Å²) in [4.78, 5) is 11.4. The lowest BCUT2D eigenvalue weighted by molar-refractivity contribution is -0.140. The molecule has 39 heavy (non-hydrogen) atoms. The van der Waals surface area contributed by atoms with E-state index in [0.29, 0.717) is 6.42 Å². The van der Waals surface area contributed by atoms with Crippen LogP contribution in [-0.4, -0.2) is 68.6 Å². The Bertz CT molecular complexity index is 751. The molecule has 1 heterocycles. The molecule has 0 N–H and O–H groups in total. The second kappa shape index (κ2) is 17.4. The first-order chi connectivity index (χ1) is 18.0. The van der Waals surface area contributed by atoms with Gasteiger partial charge in [0.25, 0.3) is 0 Å². The monoisotopic (exact) mass is 600 g/mol. The molecule has 0 amide bonds. The van der Waals surface area contributed by atoms with Crippen molar-refractivity contribution in [2.45, 2.75) is 154 Å². The van der Waals surface area contributed by atoms with Gasteiger partial charge in [0, 0.05) is 12.8 Å². The second-order valence-electron chi connectivity index (χ2n) is 13.7. The molecule has 1 aliphatic heterocycles. The van der Waals surface area contributed by atoms with Crippen LogP contribution in [0.15, 0.2) is 24.3 Å². The Morgan fingerprint density at radius 3 is 2.15 bits per heavy atom. The van der Waals surface area contributed by atoms with Crippen LogP contribution in [0.2, 0.25) is 58.9 Å². The topological polar surface area (TPSA) is 63.2 Å². The van der Waals surface area contributed by atoms with E-state index in [1.165, 1.54) is 26.4 Å². The van der Waals surface area contributed by atoms with E-state index in [2.05, 4.69) is 90.2 Å².